The number of carbonyl (C=O) groups excluding carboxylic acids is 2. The Hall–Kier alpha value is -3.93. The third kappa shape index (κ3) is 7.14. The van der Waals surface area contributed by atoms with Crippen molar-refractivity contribution in [1.29, 1.82) is 0 Å². The molecule has 210 valence electrons. The second-order valence-electron chi connectivity index (χ2n) is 8.97. The summed E-state index contributed by atoms with van der Waals surface area (Å²) < 4.78 is 6.17. The van der Waals surface area contributed by atoms with E-state index in [9.17, 15) is 9.59 Å². The van der Waals surface area contributed by atoms with Gasteiger partial charge in [-0.05, 0) is 50.8 Å². The van der Waals surface area contributed by atoms with Crippen LogP contribution in [0.5, 0.6) is 0 Å². The molecule has 0 unspecified atom stereocenters. The van der Waals surface area contributed by atoms with Crippen LogP contribution in [0.3, 0.4) is 0 Å². The average molecular weight is 556 g/mol. The molecule has 39 heavy (non-hydrogen) atoms. The van der Waals surface area contributed by atoms with Crippen LogP contribution in [0.15, 0.2) is 40.9 Å². The number of urea groups is 1. The summed E-state index contributed by atoms with van der Waals surface area (Å²) in [6.07, 6.45) is 6.82. The zero-order valence-electron chi connectivity index (χ0n) is 23.0. The Morgan fingerprint density at radius 1 is 1.28 bits per heavy atom. The number of nitrogens with zero attached hydrogens (tertiary/aromatic N) is 4. The number of fused-ring (bicyclic) bond motifs is 1. The Morgan fingerprint density at radius 2 is 2.03 bits per heavy atom. The molecule has 2 aromatic rings. The number of nitrogens with two attached hydrogens (primary N) is 1. The van der Waals surface area contributed by atoms with Crippen molar-refractivity contribution < 1.29 is 19.2 Å². The number of allylic oxidation sites excluding steroid dienone is 1. The minimum atomic E-state index is -0.452. The number of thiazole rings is 1. The van der Waals surface area contributed by atoms with Crippen molar-refractivity contribution in [3.63, 3.8) is 0 Å². The van der Waals surface area contributed by atoms with Crippen LogP contribution >= 0.6 is 11.3 Å². The number of likely N-dealkylation sites (tertiary alicyclic amines) is 1. The first-order chi connectivity index (χ1) is 18.8. The number of anilines is 1. The number of nitrogens with one attached hydrogen (secondary N) is 2. The van der Waals surface area contributed by atoms with Gasteiger partial charge in [0.2, 0.25) is 0 Å². The molecule has 1 aromatic heterocycles. The maximum Gasteiger partial charge on any atom is 0.321 e. The fourth-order valence-corrected chi connectivity index (χ4v) is 5.32. The van der Waals surface area contributed by atoms with Crippen molar-refractivity contribution >= 4 is 56.7 Å². The second kappa shape index (κ2) is 13.7. The molecule has 2 amide bonds. The lowest BCUT2D eigenvalue weighted by atomic mass is 9.76. The molecule has 11 nitrogen and oxygen atoms in total. The van der Waals surface area contributed by atoms with Gasteiger partial charge < -0.3 is 25.5 Å². The third-order valence-corrected chi connectivity index (χ3v) is 7.75. The minimum absolute atomic E-state index is 0.121. The van der Waals surface area contributed by atoms with Crippen LogP contribution in [0.1, 0.15) is 51.2 Å². The van der Waals surface area contributed by atoms with Gasteiger partial charge in [0.25, 0.3) is 0 Å². The van der Waals surface area contributed by atoms with Gasteiger partial charge in [0.1, 0.15) is 12.9 Å². The van der Waals surface area contributed by atoms with Crippen LogP contribution in [0, 0.1) is 5.41 Å². The Kier molecular flexibility index (Phi) is 10.4. The smallest absolute Gasteiger partial charge is 0.321 e. The lowest BCUT2D eigenvalue weighted by Gasteiger charge is -2.40. The number of aliphatic imine (C=N–C) groups is 1. The lowest BCUT2D eigenvalue weighted by molar-refractivity contribution is -0.158. The predicted octanol–water partition coefficient (Wildman–Crippen LogP) is 4.31. The van der Waals surface area contributed by atoms with Gasteiger partial charge >= 0.3 is 12.0 Å². The first kappa shape index (κ1) is 29.6. The highest BCUT2D eigenvalue weighted by molar-refractivity contribution is 7.22. The molecule has 1 fully saturated rings. The zero-order valence-corrected chi connectivity index (χ0v) is 23.8. The van der Waals surface area contributed by atoms with E-state index in [2.05, 4.69) is 37.2 Å². The van der Waals surface area contributed by atoms with E-state index in [0.717, 1.165) is 22.2 Å². The molecule has 0 spiro atoms. The molecule has 1 saturated heterocycles. The first-order valence-electron chi connectivity index (χ1n) is 12.9. The van der Waals surface area contributed by atoms with Gasteiger partial charge in [0.15, 0.2) is 5.13 Å². The highest BCUT2D eigenvalue weighted by atomic mass is 32.1. The van der Waals surface area contributed by atoms with Crippen LogP contribution in [-0.2, 0) is 14.4 Å². The summed E-state index contributed by atoms with van der Waals surface area (Å²) >= 11 is 1.33. The molecule has 0 atom stereocenters. The Bertz CT molecular complexity index is 1280. The van der Waals surface area contributed by atoms with Crippen LogP contribution in [0.2, 0.25) is 0 Å². The monoisotopic (exact) mass is 555 g/mol. The number of benzene rings is 1. The largest absolute Gasteiger partial charge is 0.466 e. The summed E-state index contributed by atoms with van der Waals surface area (Å²) in [7, 11) is 1.47. The van der Waals surface area contributed by atoms with E-state index >= 15 is 0 Å². The van der Waals surface area contributed by atoms with Gasteiger partial charge in [0, 0.05) is 43.2 Å². The van der Waals surface area contributed by atoms with Crippen LogP contribution in [0.4, 0.5) is 9.93 Å². The minimum Gasteiger partial charge on any atom is -0.466 e. The van der Waals surface area contributed by atoms with E-state index in [1.807, 2.05) is 32.9 Å². The molecule has 12 heteroatoms. The van der Waals surface area contributed by atoms with Gasteiger partial charge in [0.05, 0.1) is 28.5 Å². The van der Waals surface area contributed by atoms with Crippen molar-refractivity contribution in [3.05, 3.63) is 41.9 Å². The first-order valence-corrected chi connectivity index (χ1v) is 13.8. The number of oxime groups is 1. The lowest BCUT2D eigenvalue weighted by Crippen LogP contribution is -2.44. The topological polar surface area (TPSA) is 144 Å². The van der Waals surface area contributed by atoms with Gasteiger partial charge in [-0.15, -0.1) is 0 Å². The second-order valence-corrected chi connectivity index (χ2v) is 9.97. The van der Waals surface area contributed by atoms with Crippen LogP contribution in [0.25, 0.3) is 15.8 Å². The van der Waals surface area contributed by atoms with E-state index in [1.165, 1.54) is 24.6 Å². The summed E-state index contributed by atoms with van der Waals surface area (Å²) in [4.78, 5) is 40.6. The van der Waals surface area contributed by atoms with Crippen LogP contribution in [-0.4, -0.2) is 67.7 Å². The summed E-state index contributed by atoms with van der Waals surface area (Å²) in [5.41, 5.74) is 8.38. The van der Waals surface area contributed by atoms with Gasteiger partial charge in [-0.2, -0.15) is 0 Å². The van der Waals surface area contributed by atoms with Crippen molar-refractivity contribution in [2.24, 2.45) is 21.3 Å². The number of piperidine rings is 1. The fraction of sp³-hybridized carbons (Fsp3) is 0.444. The molecule has 0 bridgehead atoms. The third-order valence-electron chi connectivity index (χ3n) is 6.71. The highest BCUT2D eigenvalue weighted by Gasteiger charge is 2.41. The molecule has 1 aromatic carbocycles. The van der Waals surface area contributed by atoms with Crippen molar-refractivity contribution in [3.8, 4) is 0 Å². The molecule has 2 heterocycles. The molecule has 4 N–H and O–H groups in total. The number of rotatable bonds is 11. The Balaban J connectivity index is 1.80. The molecule has 0 aliphatic carbocycles. The molecule has 0 saturated carbocycles. The van der Waals surface area contributed by atoms with Crippen molar-refractivity contribution in [1.82, 2.24) is 15.2 Å². The van der Waals surface area contributed by atoms with Gasteiger partial charge in [-0.3, -0.25) is 10.1 Å². The molecule has 1 aliphatic heterocycles. The van der Waals surface area contributed by atoms with E-state index in [1.54, 1.807) is 12.4 Å². The summed E-state index contributed by atoms with van der Waals surface area (Å²) in [5.74, 6) is 0.469. The number of hydrogen-bond acceptors (Lipinski definition) is 10. The summed E-state index contributed by atoms with van der Waals surface area (Å²) in [6.45, 7) is 12.0. The molecule has 3 rings (SSSR count). The normalized spacial score (nSPS) is 15.6. The molecular weight excluding hydrogens is 518 g/mol. The number of esters is 1. The quantitative estimate of drug-likeness (QED) is 0.213. The van der Waals surface area contributed by atoms with E-state index in [4.69, 9.17) is 15.3 Å². The standard InChI is InChI=1S/C27H37N7O4S/c1-6-27(24(35)38-8-3)9-11-34(12-10-27)18(4)30-16-21(15-28)19-13-20(17-31-37-5)23-22(14-19)32-26(39-23)33-25(36)29-7-2/h13-17H,4,6-12,28H2,1-3,5H3,(H2,29,32,33,36)/b21-15+,30-16-,31-17+. The van der Waals surface area contributed by atoms with Crippen LogP contribution < -0.4 is 16.4 Å². The number of ether oxygens (including phenoxy) is 1. The fourth-order valence-electron chi connectivity index (χ4n) is 4.40. The summed E-state index contributed by atoms with van der Waals surface area (Å²) in [5, 5.41) is 9.81. The maximum absolute atomic E-state index is 12.5. The van der Waals surface area contributed by atoms with E-state index in [-0.39, 0.29) is 12.0 Å². The molecular formula is C27H37N7O4S. The van der Waals surface area contributed by atoms with Gasteiger partial charge in [-0.1, -0.05) is 30.0 Å². The average Bonchev–Trinajstić information content (AvgIpc) is 3.34. The number of hydrogen-bond donors (Lipinski definition) is 3. The van der Waals surface area contributed by atoms with Gasteiger partial charge in [-0.25, -0.2) is 14.8 Å². The van der Waals surface area contributed by atoms with Crippen molar-refractivity contribution in [2.75, 3.05) is 38.7 Å². The maximum atomic E-state index is 12.5. The van der Waals surface area contributed by atoms with E-state index in [0.29, 0.717) is 61.1 Å². The molecule has 0 radical (unpaired) electrons. The number of aromatic nitrogens is 1. The number of amides is 2. The Morgan fingerprint density at radius 3 is 2.64 bits per heavy atom. The Labute approximate surface area is 232 Å². The highest BCUT2D eigenvalue weighted by Crippen LogP contribution is 2.37. The van der Waals surface area contributed by atoms with E-state index < -0.39 is 5.41 Å². The predicted molar refractivity (Wildman–Crippen MR) is 157 cm³/mol. The zero-order chi connectivity index (χ0) is 28.4. The van der Waals surface area contributed by atoms with Crippen molar-refractivity contribution in [2.45, 2.75) is 40.0 Å². The summed E-state index contributed by atoms with van der Waals surface area (Å²) in [6, 6.07) is 3.46. The SMILES string of the molecule is C=C(/N=C\C(=C/N)c1cc(/C=N/OC)c2sc(NC(=O)NCC)nc2c1)N1CCC(CC)(C(=O)OCC)CC1. The molecule has 1 aliphatic rings. The number of carbonyl (C=O) groups is 2.